The Morgan fingerprint density at radius 3 is 2.21 bits per heavy atom. The van der Waals surface area contributed by atoms with Crippen molar-refractivity contribution in [3.63, 3.8) is 0 Å². The van der Waals surface area contributed by atoms with Gasteiger partial charge in [-0.1, -0.05) is 17.7 Å². The first kappa shape index (κ1) is 17.5. The molecule has 0 radical (unpaired) electrons. The predicted molar refractivity (Wildman–Crippen MR) is 117 cm³/mol. The highest BCUT2D eigenvalue weighted by Crippen LogP contribution is 2.38. The average Bonchev–Trinajstić information content (AvgIpc) is 3.14. The summed E-state index contributed by atoms with van der Waals surface area (Å²) >= 11 is 0. The molecule has 3 nitrogen and oxygen atoms in total. The molecule has 4 aromatic rings. The van der Waals surface area contributed by atoms with Crippen molar-refractivity contribution in [2.75, 3.05) is 12.0 Å². The zero-order chi connectivity index (χ0) is 19.8. The van der Waals surface area contributed by atoms with Gasteiger partial charge in [0.15, 0.2) is 12.7 Å². The third-order valence-corrected chi connectivity index (χ3v) is 5.53. The fourth-order valence-corrected chi connectivity index (χ4v) is 3.99. The van der Waals surface area contributed by atoms with Gasteiger partial charge in [0.05, 0.1) is 12.7 Å². The highest BCUT2D eigenvalue weighted by molar-refractivity contribution is 5.80. The van der Waals surface area contributed by atoms with E-state index >= 15 is 0 Å². The van der Waals surface area contributed by atoms with Gasteiger partial charge in [-0.3, -0.25) is 0 Å². The molecule has 0 N–H and O–H groups in total. The first-order valence-corrected chi connectivity index (χ1v) is 9.85. The van der Waals surface area contributed by atoms with E-state index in [4.69, 9.17) is 4.74 Å². The Balaban J connectivity index is 1.65. The summed E-state index contributed by atoms with van der Waals surface area (Å²) in [6.45, 7) is 3.05. The number of hydrogen-bond acceptors (Lipinski definition) is 2. The molecular weight excluding hydrogens is 356 g/mol. The zero-order valence-corrected chi connectivity index (χ0v) is 16.7. The summed E-state index contributed by atoms with van der Waals surface area (Å²) in [6.07, 6.45) is 2.15. The largest absolute Gasteiger partial charge is 0.497 e. The molecule has 5 rings (SSSR count). The molecule has 1 aromatic heterocycles. The van der Waals surface area contributed by atoms with E-state index < -0.39 is 0 Å². The first-order chi connectivity index (χ1) is 14.2. The van der Waals surface area contributed by atoms with E-state index in [-0.39, 0.29) is 0 Å². The zero-order valence-electron chi connectivity index (χ0n) is 16.7. The van der Waals surface area contributed by atoms with Crippen LogP contribution in [0.1, 0.15) is 11.1 Å². The molecule has 142 valence electrons. The Hall–Kier alpha value is -3.59. The molecule has 1 aliphatic heterocycles. The summed E-state index contributed by atoms with van der Waals surface area (Å²) in [5, 5.41) is 0. The number of nitrogens with zero attached hydrogens (tertiary/aromatic N) is 2. The second kappa shape index (κ2) is 7.10. The maximum absolute atomic E-state index is 5.35. The van der Waals surface area contributed by atoms with Crippen LogP contribution >= 0.6 is 0 Å². The molecular formula is C26H23N2O+. The maximum Gasteiger partial charge on any atom is 0.213 e. The van der Waals surface area contributed by atoms with Crippen LogP contribution in [-0.2, 0) is 6.54 Å². The molecule has 0 bridgehead atoms. The summed E-state index contributed by atoms with van der Waals surface area (Å²) in [5.41, 5.74) is 8.57. The quantitative estimate of drug-likeness (QED) is 0.368. The number of rotatable bonds is 4. The van der Waals surface area contributed by atoms with Crippen molar-refractivity contribution < 1.29 is 9.30 Å². The Morgan fingerprint density at radius 1 is 0.793 bits per heavy atom. The van der Waals surface area contributed by atoms with Crippen LogP contribution in [-0.4, -0.2) is 7.11 Å². The third-order valence-electron chi connectivity index (χ3n) is 5.53. The van der Waals surface area contributed by atoms with Crippen molar-refractivity contribution in [1.82, 2.24) is 0 Å². The maximum atomic E-state index is 5.35. The Labute approximate surface area is 171 Å². The van der Waals surface area contributed by atoms with Gasteiger partial charge < -0.3 is 9.64 Å². The minimum absolute atomic E-state index is 0.858. The molecule has 0 amide bonds. The summed E-state index contributed by atoms with van der Waals surface area (Å²) in [5.74, 6) is 0.858. The fraction of sp³-hybridized carbons (Fsp3) is 0.115. The van der Waals surface area contributed by atoms with E-state index in [1.165, 1.54) is 22.4 Å². The smallest absolute Gasteiger partial charge is 0.213 e. The van der Waals surface area contributed by atoms with Crippen LogP contribution in [0, 0.1) is 6.92 Å². The number of anilines is 3. The number of fused-ring (bicyclic) bond motifs is 3. The highest BCUT2D eigenvalue weighted by Gasteiger charge is 2.26. The van der Waals surface area contributed by atoms with Gasteiger partial charge in [-0.05, 0) is 67.6 Å². The molecule has 0 saturated heterocycles. The van der Waals surface area contributed by atoms with E-state index in [0.29, 0.717) is 0 Å². The third kappa shape index (κ3) is 3.15. The normalized spacial score (nSPS) is 11.7. The van der Waals surface area contributed by atoms with Crippen LogP contribution in [0.2, 0.25) is 0 Å². The number of methoxy groups -OCH3 is 1. The standard InChI is InChI=1S/C26H23N2O/c1-19-6-9-21(10-7-19)28(22-12-14-24(29-2)15-13-22)23-11-8-20-18-27-16-4-3-5-26(27)25(20)17-23/h3-17H,18H2,1-2H3/q+1. The van der Waals surface area contributed by atoms with Crippen molar-refractivity contribution in [3.05, 3.63) is 102 Å². The van der Waals surface area contributed by atoms with Gasteiger partial charge in [0.2, 0.25) is 5.69 Å². The van der Waals surface area contributed by atoms with E-state index in [0.717, 1.165) is 29.4 Å². The van der Waals surface area contributed by atoms with Crippen LogP contribution in [0.3, 0.4) is 0 Å². The van der Waals surface area contributed by atoms with Gasteiger partial charge in [0.25, 0.3) is 0 Å². The number of benzene rings is 3. The number of aromatic nitrogens is 1. The molecule has 0 unspecified atom stereocenters. The Morgan fingerprint density at radius 2 is 1.48 bits per heavy atom. The van der Waals surface area contributed by atoms with Gasteiger partial charge >= 0.3 is 0 Å². The second-order valence-corrected chi connectivity index (χ2v) is 7.42. The highest BCUT2D eigenvalue weighted by atomic mass is 16.5. The summed E-state index contributed by atoms with van der Waals surface area (Å²) in [7, 11) is 1.70. The lowest BCUT2D eigenvalue weighted by atomic mass is 10.0. The number of ether oxygens (including phenoxy) is 1. The van der Waals surface area contributed by atoms with Crippen LogP contribution < -0.4 is 14.2 Å². The Bertz CT molecular complexity index is 1160. The molecule has 2 heterocycles. The van der Waals surface area contributed by atoms with Crippen LogP contribution in [0.25, 0.3) is 11.3 Å². The lowest BCUT2D eigenvalue weighted by Gasteiger charge is -2.26. The van der Waals surface area contributed by atoms with Crippen molar-refractivity contribution in [2.45, 2.75) is 13.5 Å². The van der Waals surface area contributed by atoms with Crippen molar-refractivity contribution in [1.29, 1.82) is 0 Å². The average molecular weight is 379 g/mol. The molecule has 0 spiro atoms. The van der Waals surface area contributed by atoms with Gasteiger partial charge in [-0.2, -0.15) is 4.57 Å². The minimum atomic E-state index is 0.858. The van der Waals surface area contributed by atoms with Crippen LogP contribution in [0.15, 0.2) is 91.1 Å². The van der Waals surface area contributed by atoms with Crippen LogP contribution in [0.5, 0.6) is 5.75 Å². The predicted octanol–water partition coefficient (Wildman–Crippen LogP) is 5.79. The van der Waals surface area contributed by atoms with Gasteiger partial charge in [0, 0.05) is 34.8 Å². The molecule has 0 fully saturated rings. The minimum Gasteiger partial charge on any atom is -0.497 e. The molecule has 0 aliphatic carbocycles. The molecule has 1 aliphatic rings. The molecule has 0 atom stereocenters. The van der Waals surface area contributed by atoms with Crippen LogP contribution in [0.4, 0.5) is 17.1 Å². The molecule has 3 aromatic carbocycles. The summed E-state index contributed by atoms with van der Waals surface area (Å²) in [6, 6.07) is 30.1. The van der Waals surface area contributed by atoms with E-state index in [2.05, 4.69) is 95.4 Å². The van der Waals surface area contributed by atoms with Gasteiger partial charge in [0.1, 0.15) is 5.75 Å². The van der Waals surface area contributed by atoms with Crippen molar-refractivity contribution in [3.8, 4) is 17.0 Å². The lowest BCUT2D eigenvalue weighted by Crippen LogP contribution is -2.31. The van der Waals surface area contributed by atoms with Gasteiger partial charge in [-0.25, -0.2) is 0 Å². The monoisotopic (exact) mass is 379 g/mol. The second-order valence-electron chi connectivity index (χ2n) is 7.42. The summed E-state index contributed by atoms with van der Waals surface area (Å²) in [4.78, 5) is 2.30. The number of aryl methyl sites for hydroxylation is 1. The fourth-order valence-electron chi connectivity index (χ4n) is 3.99. The van der Waals surface area contributed by atoms with E-state index in [1.807, 2.05) is 12.1 Å². The first-order valence-electron chi connectivity index (χ1n) is 9.85. The topological polar surface area (TPSA) is 16.4 Å². The van der Waals surface area contributed by atoms with E-state index in [1.54, 1.807) is 7.11 Å². The number of pyridine rings is 1. The molecule has 29 heavy (non-hydrogen) atoms. The summed E-state index contributed by atoms with van der Waals surface area (Å²) < 4.78 is 7.66. The van der Waals surface area contributed by atoms with Gasteiger partial charge in [-0.15, -0.1) is 0 Å². The SMILES string of the molecule is COc1ccc(N(c2ccc(C)cc2)c2ccc3c(c2)-c2cccc[n+]2C3)cc1. The van der Waals surface area contributed by atoms with Crippen molar-refractivity contribution in [2.24, 2.45) is 0 Å². The molecule has 0 saturated carbocycles. The van der Waals surface area contributed by atoms with E-state index in [9.17, 15) is 0 Å². The lowest BCUT2D eigenvalue weighted by molar-refractivity contribution is -0.672. The number of hydrogen-bond donors (Lipinski definition) is 0. The Kier molecular flexibility index (Phi) is 4.28. The molecule has 3 heteroatoms. The van der Waals surface area contributed by atoms with Crippen molar-refractivity contribution >= 4 is 17.1 Å².